The molecule has 8 heteroatoms. The molecular formula is C9H13N3O4S. The molecule has 0 spiro atoms. The maximum Gasteiger partial charge on any atom is 0.324 e. The van der Waals surface area contributed by atoms with Crippen LogP contribution in [0.15, 0.2) is 17.3 Å². The summed E-state index contributed by atoms with van der Waals surface area (Å²) in [5.41, 5.74) is -1.36. The van der Waals surface area contributed by atoms with E-state index in [0.29, 0.717) is 25.7 Å². The van der Waals surface area contributed by atoms with Crippen molar-refractivity contribution in [1.29, 1.82) is 0 Å². The molecule has 0 saturated heterocycles. The van der Waals surface area contributed by atoms with E-state index in [1.807, 2.05) is 0 Å². The lowest BCUT2D eigenvalue weighted by Gasteiger charge is -2.24. The summed E-state index contributed by atoms with van der Waals surface area (Å²) in [4.78, 5) is 11.2. The van der Waals surface area contributed by atoms with E-state index < -0.39 is 21.5 Å². The van der Waals surface area contributed by atoms with Gasteiger partial charge < -0.3 is 5.11 Å². The van der Waals surface area contributed by atoms with Gasteiger partial charge >= 0.3 is 5.97 Å². The van der Waals surface area contributed by atoms with Crippen molar-refractivity contribution in [2.45, 2.75) is 36.1 Å². The van der Waals surface area contributed by atoms with Crippen LogP contribution in [-0.4, -0.2) is 35.2 Å². The third-order valence-corrected chi connectivity index (χ3v) is 4.48. The van der Waals surface area contributed by atoms with E-state index in [4.69, 9.17) is 0 Å². The zero-order valence-corrected chi connectivity index (χ0v) is 9.83. The van der Waals surface area contributed by atoms with Gasteiger partial charge in [-0.15, -0.1) is 0 Å². The molecule has 0 atom stereocenters. The maximum absolute atomic E-state index is 11.9. The number of aliphatic carboxylic acids is 1. The predicted octanol–water partition coefficient (Wildman–Crippen LogP) is 0.0854. The highest BCUT2D eigenvalue weighted by atomic mass is 32.2. The number of hydrogen-bond donors (Lipinski definition) is 3. The third kappa shape index (κ3) is 2.18. The van der Waals surface area contributed by atoms with Crippen LogP contribution in [0, 0.1) is 0 Å². The van der Waals surface area contributed by atoms with Gasteiger partial charge in [-0.3, -0.25) is 9.89 Å². The fourth-order valence-corrected chi connectivity index (χ4v) is 3.36. The molecule has 1 fully saturated rings. The van der Waals surface area contributed by atoms with Crippen LogP contribution < -0.4 is 4.72 Å². The van der Waals surface area contributed by atoms with Gasteiger partial charge in [-0.25, -0.2) is 8.42 Å². The Morgan fingerprint density at radius 2 is 2.12 bits per heavy atom. The van der Waals surface area contributed by atoms with E-state index in [1.54, 1.807) is 0 Å². The Balaban J connectivity index is 2.28. The van der Waals surface area contributed by atoms with Crippen molar-refractivity contribution in [3.63, 3.8) is 0 Å². The van der Waals surface area contributed by atoms with E-state index >= 15 is 0 Å². The largest absolute Gasteiger partial charge is 0.480 e. The van der Waals surface area contributed by atoms with Crippen LogP contribution in [0.2, 0.25) is 0 Å². The van der Waals surface area contributed by atoms with E-state index in [2.05, 4.69) is 14.9 Å². The van der Waals surface area contributed by atoms with Gasteiger partial charge in [0.1, 0.15) is 10.4 Å². The first kappa shape index (κ1) is 12.1. The molecule has 17 heavy (non-hydrogen) atoms. The second-order valence-electron chi connectivity index (χ2n) is 4.13. The number of sulfonamides is 1. The maximum atomic E-state index is 11.9. The number of H-pyrrole nitrogens is 1. The highest BCUT2D eigenvalue weighted by Gasteiger charge is 2.44. The fourth-order valence-electron chi connectivity index (χ4n) is 2.04. The second kappa shape index (κ2) is 4.11. The summed E-state index contributed by atoms with van der Waals surface area (Å²) in [6.07, 6.45) is 4.42. The molecule has 7 nitrogen and oxygen atoms in total. The summed E-state index contributed by atoms with van der Waals surface area (Å²) >= 11 is 0. The summed E-state index contributed by atoms with van der Waals surface area (Å²) < 4.78 is 26.1. The summed E-state index contributed by atoms with van der Waals surface area (Å²) in [5, 5.41) is 15.1. The number of aromatic nitrogens is 2. The van der Waals surface area contributed by atoms with Gasteiger partial charge in [-0.1, -0.05) is 12.8 Å². The van der Waals surface area contributed by atoms with Gasteiger partial charge in [0.2, 0.25) is 10.0 Å². The molecule has 1 aromatic heterocycles. The molecule has 2 rings (SSSR count). The Bertz CT molecular complexity index is 502. The molecule has 0 bridgehead atoms. The minimum absolute atomic E-state index is 0.0509. The number of rotatable bonds is 4. The number of carboxylic acid groups (broad SMARTS) is 1. The molecule has 0 unspecified atom stereocenters. The molecule has 94 valence electrons. The normalized spacial score (nSPS) is 19.3. The molecular weight excluding hydrogens is 246 g/mol. The summed E-state index contributed by atoms with van der Waals surface area (Å²) in [5.74, 6) is -1.12. The Morgan fingerprint density at radius 1 is 1.47 bits per heavy atom. The summed E-state index contributed by atoms with van der Waals surface area (Å²) in [6.45, 7) is 0. The van der Waals surface area contributed by atoms with Crippen molar-refractivity contribution in [1.82, 2.24) is 14.9 Å². The molecule has 3 N–H and O–H groups in total. The number of aromatic amines is 1. The quantitative estimate of drug-likeness (QED) is 0.709. The van der Waals surface area contributed by atoms with Crippen LogP contribution in [0.3, 0.4) is 0 Å². The SMILES string of the molecule is O=C(O)C1(NS(=O)(=O)c2cn[nH]c2)CCCC1. The molecule has 1 saturated carbocycles. The smallest absolute Gasteiger partial charge is 0.324 e. The molecule has 0 radical (unpaired) electrons. The first-order valence-corrected chi connectivity index (χ1v) is 6.71. The van der Waals surface area contributed by atoms with Crippen LogP contribution in [0.25, 0.3) is 0 Å². The fraction of sp³-hybridized carbons (Fsp3) is 0.556. The standard InChI is InChI=1S/C9H13N3O4S/c13-8(14)9(3-1-2-4-9)12-17(15,16)7-5-10-11-6-7/h5-6,12H,1-4H2,(H,10,11)(H,13,14). The van der Waals surface area contributed by atoms with Gasteiger partial charge in [0, 0.05) is 6.20 Å². The predicted molar refractivity (Wildman–Crippen MR) is 57.7 cm³/mol. The Labute approximate surface area is 98.3 Å². The third-order valence-electron chi connectivity index (χ3n) is 2.98. The Hall–Kier alpha value is -1.41. The zero-order valence-electron chi connectivity index (χ0n) is 9.01. The summed E-state index contributed by atoms with van der Waals surface area (Å²) in [6, 6.07) is 0. The molecule has 0 amide bonds. The summed E-state index contributed by atoms with van der Waals surface area (Å²) in [7, 11) is -3.83. The second-order valence-corrected chi connectivity index (χ2v) is 5.82. The lowest BCUT2D eigenvalue weighted by molar-refractivity contribution is -0.143. The molecule has 0 aliphatic heterocycles. The highest BCUT2D eigenvalue weighted by molar-refractivity contribution is 7.89. The van der Waals surface area contributed by atoms with Gasteiger partial charge in [0.15, 0.2) is 0 Å². The van der Waals surface area contributed by atoms with E-state index in [9.17, 15) is 18.3 Å². The van der Waals surface area contributed by atoms with Crippen LogP contribution in [0.4, 0.5) is 0 Å². The number of hydrogen-bond acceptors (Lipinski definition) is 4. The molecule has 1 aliphatic rings. The molecule has 1 aliphatic carbocycles. The first-order chi connectivity index (χ1) is 7.96. The van der Waals surface area contributed by atoms with Crippen LogP contribution >= 0.6 is 0 Å². The first-order valence-electron chi connectivity index (χ1n) is 5.22. The number of nitrogens with one attached hydrogen (secondary N) is 2. The number of carboxylic acids is 1. The Morgan fingerprint density at radius 3 is 2.59 bits per heavy atom. The molecule has 1 heterocycles. The number of nitrogens with zero attached hydrogens (tertiary/aromatic N) is 1. The zero-order chi connectivity index (χ0) is 12.5. The van der Waals surface area contributed by atoms with Gasteiger partial charge in [-0.2, -0.15) is 9.82 Å². The van der Waals surface area contributed by atoms with Crippen molar-refractivity contribution < 1.29 is 18.3 Å². The number of carbonyl (C=O) groups is 1. The van der Waals surface area contributed by atoms with Crippen molar-refractivity contribution in [2.24, 2.45) is 0 Å². The van der Waals surface area contributed by atoms with Crippen LogP contribution in [0.1, 0.15) is 25.7 Å². The van der Waals surface area contributed by atoms with E-state index in [1.165, 1.54) is 6.20 Å². The van der Waals surface area contributed by atoms with Crippen molar-refractivity contribution in [2.75, 3.05) is 0 Å². The minimum atomic E-state index is -3.83. The lowest BCUT2D eigenvalue weighted by atomic mass is 10.0. The van der Waals surface area contributed by atoms with Crippen molar-refractivity contribution in [3.05, 3.63) is 12.4 Å². The lowest BCUT2D eigenvalue weighted by Crippen LogP contribution is -2.52. The highest BCUT2D eigenvalue weighted by Crippen LogP contribution is 2.31. The minimum Gasteiger partial charge on any atom is -0.480 e. The average molecular weight is 259 g/mol. The van der Waals surface area contributed by atoms with Crippen LogP contribution in [-0.2, 0) is 14.8 Å². The molecule has 1 aromatic rings. The monoisotopic (exact) mass is 259 g/mol. The van der Waals surface area contributed by atoms with E-state index in [0.717, 1.165) is 6.20 Å². The molecule has 0 aromatic carbocycles. The average Bonchev–Trinajstić information content (AvgIpc) is 2.86. The van der Waals surface area contributed by atoms with Gasteiger partial charge in [0.05, 0.1) is 6.20 Å². The van der Waals surface area contributed by atoms with Crippen molar-refractivity contribution in [3.8, 4) is 0 Å². The van der Waals surface area contributed by atoms with Gasteiger partial charge in [0.25, 0.3) is 0 Å². The van der Waals surface area contributed by atoms with E-state index in [-0.39, 0.29) is 4.90 Å². The van der Waals surface area contributed by atoms with Gasteiger partial charge in [-0.05, 0) is 12.8 Å². The Kier molecular flexibility index (Phi) is 2.92. The topological polar surface area (TPSA) is 112 Å². The van der Waals surface area contributed by atoms with Crippen LogP contribution in [0.5, 0.6) is 0 Å². The van der Waals surface area contributed by atoms with Crippen molar-refractivity contribution >= 4 is 16.0 Å².